The van der Waals surface area contributed by atoms with E-state index in [2.05, 4.69) is 0 Å². The van der Waals surface area contributed by atoms with E-state index < -0.39 is 10.9 Å². The van der Waals surface area contributed by atoms with Gasteiger partial charge in [0.05, 0.1) is 12.0 Å². The highest BCUT2D eigenvalue weighted by atomic mass is 16.6. The topological polar surface area (TPSA) is 78.7 Å². The van der Waals surface area contributed by atoms with Crippen molar-refractivity contribution in [2.24, 2.45) is 5.92 Å². The SMILES string of the molecule is COc1ccc(/C(=C/C=C/C(=O)Oc2ccc([N+](=O)[O-])cc2)C2CCCCC2)cc1. The third kappa shape index (κ3) is 5.80. The lowest BCUT2D eigenvalue weighted by Gasteiger charge is -2.25. The molecule has 1 saturated carbocycles. The lowest BCUT2D eigenvalue weighted by atomic mass is 9.81. The number of carbonyl (C=O) groups is 1. The van der Waals surface area contributed by atoms with Crippen molar-refractivity contribution in [3.05, 3.63) is 82.4 Å². The van der Waals surface area contributed by atoms with Gasteiger partial charge in [-0.1, -0.05) is 43.5 Å². The van der Waals surface area contributed by atoms with Crippen LogP contribution in [0.4, 0.5) is 5.69 Å². The van der Waals surface area contributed by atoms with E-state index in [9.17, 15) is 14.9 Å². The molecule has 0 unspecified atom stereocenters. The standard InChI is InChI=1S/C24H25NO5/c1-29-21-14-10-19(11-15-21)23(18-6-3-2-4-7-18)8-5-9-24(26)30-22-16-12-20(13-17-22)25(27)28/h5,8-18H,2-4,6-7H2,1H3/b9-5+,23-8+. The quantitative estimate of drug-likeness (QED) is 0.146. The second kappa shape index (κ2) is 10.4. The Balaban J connectivity index is 1.72. The summed E-state index contributed by atoms with van der Waals surface area (Å²) in [5.74, 6) is 1.01. The number of ether oxygens (including phenoxy) is 2. The number of hydrogen-bond acceptors (Lipinski definition) is 5. The molecule has 6 nitrogen and oxygen atoms in total. The number of hydrogen-bond donors (Lipinski definition) is 0. The number of allylic oxidation sites excluding steroid dienone is 3. The van der Waals surface area contributed by atoms with Crippen LogP contribution in [0.3, 0.4) is 0 Å². The van der Waals surface area contributed by atoms with Crippen molar-refractivity contribution in [1.29, 1.82) is 0 Å². The number of rotatable bonds is 7. The fourth-order valence-electron chi connectivity index (χ4n) is 3.68. The molecule has 1 fully saturated rings. The summed E-state index contributed by atoms with van der Waals surface area (Å²) in [6, 6.07) is 13.4. The van der Waals surface area contributed by atoms with Gasteiger partial charge in [-0.05, 0) is 54.2 Å². The van der Waals surface area contributed by atoms with E-state index in [0.717, 1.165) is 24.2 Å². The lowest BCUT2D eigenvalue weighted by Crippen LogP contribution is -2.08. The molecule has 6 heteroatoms. The number of carbonyl (C=O) groups excluding carboxylic acids is 1. The first kappa shape index (κ1) is 21.3. The van der Waals surface area contributed by atoms with Crippen molar-refractivity contribution in [2.75, 3.05) is 7.11 Å². The van der Waals surface area contributed by atoms with Crippen LogP contribution in [0, 0.1) is 16.0 Å². The summed E-state index contributed by atoms with van der Waals surface area (Å²) in [6.45, 7) is 0. The van der Waals surface area contributed by atoms with Crippen molar-refractivity contribution in [3.63, 3.8) is 0 Å². The highest BCUT2D eigenvalue weighted by Crippen LogP contribution is 2.36. The van der Waals surface area contributed by atoms with Gasteiger partial charge in [0.15, 0.2) is 0 Å². The summed E-state index contributed by atoms with van der Waals surface area (Å²) in [7, 11) is 1.65. The van der Waals surface area contributed by atoms with Gasteiger partial charge in [0, 0.05) is 18.2 Å². The molecule has 3 rings (SSSR count). The zero-order valence-corrected chi connectivity index (χ0v) is 17.0. The van der Waals surface area contributed by atoms with Gasteiger partial charge in [0.25, 0.3) is 5.69 Å². The summed E-state index contributed by atoms with van der Waals surface area (Å²) in [6.07, 6.45) is 11.0. The second-order valence-electron chi connectivity index (χ2n) is 7.22. The van der Waals surface area contributed by atoms with Crippen LogP contribution in [0.25, 0.3) is 5.57 Å². The average Bonchev–Trinajstić information content (AvgIpc) is 2.78. The average molecular weight is 407 g/mol. The molecular formula is C24H25NO5. The predicted molar refractivity (Wildman–Crippen MR) is 115 cm³/mol. The Kier molecular flexibility index (Phi) is 7.38. The number of nitro benzene ring substituents is 1. The van der Waals surface area contributed by atoms with Crippen LogP contribution in [0.1, 0.15) is 37.7 Å². The number of esters is 1. The third-order valence-corrected chi connectivity index (χ3v) is 5.24. The van der Waals surface area contributed by atoms with Crippen LogP contribution in [-0.4, -0.2) is 18.0 Å². The maximum atomic E-state index is 12.1. The van der Waals surface area contributed by atoms with Crippen molar-refractivity contribution in [3.8, 4) is 11.5 Å². The number of nitro groups is 1. The smallest absolute Gasteiger partial charge is 0.336 e. The first-order valence-corrected chi connectivity index (χ1v) is 10.1. The molecule has 0 saturated heterocycles. The zero-order valence-electron chi connectivity index (χ0n) is 17.0. The molecule has 0 amide bonds. The van der Waals surface area contributed by atoms with Crippen molar-refractivity contribution in [1.82, 2.24) is 0 Å². The Bertz CT molecular complexity index is 923. The number of methoxy groups -OCH3 is 1. The minimum atomic E-state index is -0.530. The van der Waals surface area contributed by atoms with Crippen LogP contribution in [0.2, 0.25) is 0 Å². The lowest BCUT2D eigenvalue weighted by molar-refractivity contribution is -0.384. The fraction of sp³-hybridized carbons (Fsp3) is 0.292. The van der Waals surface area contributed by atoms with E-state index in [-0.39, 0.29) is 11.4 Å². The zero-order chi connectivity index (χ0) is 21.3. The van der Waals surface area contributed by atoms with Gasteiger partial charge in [0.1, 0.15) is 11.5 Å². The van der Waals surface area contributed by atoms with Crippen molar-refractivity contribution < 1.29 is 19.2 Å². The Morgan fingerprint density at radius 1 is 1.00 bits per heavy atom. The molecule has 0 atom stereocenters. The van der Waals surface area contributed by atoms with Crippen LogP contribution >= 0.6 is 0 Å². The summed E-state index contributed by atoms with van der Waals surface area (Å²) in [5.41, 5.74) is 2.28. The maximum Gasteiger partial charge on any atom is 0.336 e. The second-order valence-corrected chi connectivity index (χ2v) is 7.22. The van der Waals surface area contributed by atoms with E-state index in [1.165, 1.54) is 55.2 Å². The van der Waals surface area contributed by atoms with Gasteiger partial charge in [-0.15, -0.1) is 0 Å². The van der Waals surface area contributed by atoms with E-state index >= 15 is 0 Å². The van der Waals surface area contributed by atoms with E-state index in [0.29, 0.717) is 5.92 Å². The Hall–Kier alpha value is -3.41. The molecule has 1 aliphatic rings. The van der Waals surface area contributed by atoms with Crippen molar-refractivity contribution in [2.45, 2.75) is 32.1 Å². The molecule has 0 heterocycles. The molecule has 0 N–H and O–H groups in total. The van der Waals surface area contributed by atoms with Crippen LogP contribution < -0.4 is 9.47 Å². The summed E-state index contributed by atoms with van der Waals surface area (Å²) in [5, 5.41) is 10.7. The predicted octanol–water partition coefficient (Wildman–Crippen LogP) is 5.73. The summed E-state index contributed by atoms with van der Waals surface area (Å²) >= 11 is 0. The van der Waals surface area contributed by atoms with E-state index in [4.69, 9.17) is 9.47 Å². The van der Waals surface area contributed by atoms with Crippen LogP contribution in [0.5, 0.6) is 11.5 Å². The molecule has 0 bridgehead atoms. The normalized spacial score (nSPS) is 15.2. The minimum absolute atomic E-state index is 0.0510. The molecule has 2 aromatic carbocycles. The highest BCUT2D eigenvalue weighted by molar-refractivity contribution is 5.85. The number of nitrogens with zero attached hydrogens (tertiary/aromatic N) is 1. The Morgan fingerprint density at radius 3 is 2.23 bits per heavy atom. The molecular weight excluding hydrogens is 382 g/mol. The van der Waals surface area contributed by atoms with Crippen molar-refractivity contribution >= 4 is 17.2 Å². The molecule has 0 spiro atoms. The molecule has 156 valence electrons. The molecule has 1 aliphatic carbocycles. The monoisotopic (exact) mass is 407 g/mol. The van der Waals surface area contributed by atoms with Crippen LogP contribution in [0.15, 0.2) is 66.8 Å². The van der Waals surface area contributed by atoms with Crippen LogP contribution in [-0.2, 0) is 4.79 Å². The largest absolute Gasteiger partial charge is 0.497 e. The highest BCUT2D eigenvalue weighted by Gasteiger charge is 2.18. The van der Waals surface area contributed by atoms with E-state index in [1.54, 1.807) is 13.2 Å². The number of benzene rings is 2. The first-order valence-electron chi connectivity index (χ1n) is 10.1. The number of non-ortho nitro benzene ring substituents is 1. The fourth-order valence-corrected chi connectivity index (χ4v) is 3.68. The first-order chi connectivity index (χ1) is 14.6. The van der Waals surface area contributed by atoms with Gasteiger partial charge >= 0.3 is 5.97 Å². The van der Waals surface area contributed by atoms with Gasteiger partial charge in [0.2, 0.25) is 0 Å². The Morgan fingerprint density at radius 2 is 1.63 bits per heavy atom. The maximum absolute atomic E-state index is 12.1. The van der Waals surface area contributed by atoms with Gasteiger partial charge in [-0.2, -0.15) is 0 Å². The van der Waals surface area contributed by atoms with Gasteiger partial charge < -0.3 is 9.47 Å². The molecule has 2 aromatic rings. The van der Waals surface area contributed by atoms with Gasteiger partial charge in [-0.3, -0.25) is 10.1 Å². The third-order valence-electron chi connectivity index (χ3n) is 5.24. The summed E-state index contributed by atoms with van der Waals surface area (Å²) in [4.78, 5) is 22.3. The minimum Gasteiger partial charge on any atom is -0.497 e. The molecule has 0 radical (unpaired) electrons. The van der Waals surface area contributed by atoms with Gasteiger partial charge in [-0.25, -0.2) is 4.79 Å². The molecule has 0 aliphatic heterocycles. The Labute approximate surface area is 176 Å². The summed E-state index contributed by atoms with van der Waals surface area (Å²) < 4.78 is 10.5. The molecule has 30 heavy (non-hydrogen) atoms. The van der Waals surface area contributed by atoms with E-state index in [1.807, 2.05) is 30.3 Å². The molecule has 0 aromatic heterocycles.